The van der Waals surface area contributed by atoms with Crippen LogP contribution >= 0.6 is 0 Å². The van der Waals surface area contributed by atoms with Crippen molar-refractivity contribution in [1.29, 1.82) is 0 Å². The van der Waals surface area contributed by atoms with Gasteiger partial charge in [0.05, 0.1) is 11.3 Å². The highest BCUT2D eigenvalue weighted by atomic mass is 16.5. The van der Waals surface area contributed by atoms with Crippen LogP contribution < -0.4 is 10.1 Å². The van der Waals surface area contributed by atoms with E-state index in [4.69, 9.17) is 4.74 Å². The van der Waals surface area contributed by atoms with Gasteiger partial charge in [-0.15, -0.1) is 0 Å². The molecule has 0 saturated heterocycles. The Morgan fingerprint density at radius 3 is 2.45 bits per heavy atom. The molecule has 0 fully saturated rings. The van der Waals surface area contributed by atoms with Gasteiger partial charge in [-0.1, -0.05) is 48.5 Å². The minimum absolute atomic E-state index is 0.0680. The molecule has 1 amide bonds. The third kappa shape index (κ3) is 4.28. The number of carboxylic acid groups (broad SMARTS) is 1. The van der Waals surface area contributed by atoms with Crippen LogP contribution in [-0.4, -0.2) is 21.6 Å². The van der Waals surface area contributed by atoms with Crippen LogP contribution in [0.2, 0.25) is 0 Å². The summed E-state index contributed by atoms with van der Waals surface area (Å²) in [6, 6.07) is 23.7. The van der Waals surface area contributed by atoms with Crippen LogP contribution in [0.3, 0.4) is 0 Å². The standard InChI is InChI=1S/C25H22N2O4/c1-2-27-21-11-7-6-10-18(21)15-22(27)24(28)26-20-14-19(25(29)30)12-13-23(20)31-16-17-8-4-3-5-9-17/h3-15H,2,16H2,1H3,(H,26,28)(H,29,30). The van der Waals surface area contributed by atoms with E-state index in [1.165, 1.54) is 12.1 Å². The van der Waals surface area contributed by atoms with Crippen LogP contribution in [0.15, 0.2) is 78.9 Å². The van der Waals surface area contributed by atoms with Gasteiger partial charge in [0.25, 0.3) is 5.91 Å². The number of fused-ring (bicyclic) bond motifs is 1. The fourth-order valence-corrected chi connectivity index (χ4v) is 3.55. The van der Waals surface area contributed by atoms with Crippen molar-refractivity contribution in [2.75, 3.05) is 5.32 Å². The molecule has 2 N–H and O–H groups in total. The predicted octanol–water partition coefficient (Wildman–Crippen LogP) is 5.19. The van der Waals surface area contributed by atoms with E-state index in [0.29, 0.717) is 30.3 Å². The molecule has 0 aliphatic heterocycles. The molecule has 0 unspecified atom stereocenters. The summed E-state index contributed by atoms with van der Waals surface area (Å²) in [4.78, 5) is 24.6. The summed E-state index contributed by atoms with van der Waals surface area (Å²) in [6.45, 7) is 2.90. The molecular weight excluding hydrogens is 392 g/mol. The Morgan fingerprint density at radius 2 is 1.71 bits per heavy atom. The molecule has 31 heavy (non-hydrogen) atoms. The molecule has 0 saturated carbocycles. The van der Waals surface area contributed by atoms with E-state index < -0.39 is 5.97 Å². The SMILES string of the molecule is CCn1c(C(=O)Nc2cc(C(=O)O)ccc2OCc2ccccc2)cc2ccccc21. The second kappa shape index (κ2) is 8.75. The highest BCUT2D eigenvalue weighted by molar-refractivity contribution is 6.07. The van der Waals surface area contributed by atoms with E-state index in [0.717, 1.165) is 16.5 Å². The quantitative estimate of drug-likeness (QED) is 0.436. The number of nitrogens with one attached hydrogen (secondary N) is 1. The molecule has 1 heterocycles. The Bertz CT molecular complexity index is 1250. The first kappa shape index (κ1) is 20.2. The van der Waals surface area contributed by atoms with E-state index >= 15 is 0 Å². The average Bonchev–Trinajstić information content (AvgIpc) is 3.17. The molecule has 6 nitrogen and oxygen atoms in total. The van der Waals surface area contributed by atoms with Crippen molar-refractivity contribution in [2.24, 2.45) is 0 Å². The number of carbonyl (C=O) groups is 2. The van der Waals surface area contributed by atoms with Gasteiger partial charge in [-0.05, 0) is 42.8 Å². The first-order chi connectivity index (χ1) is 15.1. The molecule has 4 rings (SSSR count). The van der Waals surface area contributed by atoms with Gasteiger partial charge in [0.1, 0.15) is 18.1 Å². The van der Waals surface area contributed by atoms with E-state index in [2.05, 4.69) is 5.32 Å². The van der Waals surface area contributed by atoms with E-state index in [1.807, 2.05) is 72.2 Å². The molecule has 0 aliphatic rings. The maximum absolute atomic E-state index is 13.1. The topological polar surface area (TPSA) is 80.6 Å². The van der Waals surface area contributed by atoms with E-state index in [9.17, 15) is 14.7 Å². The second-order valence-electron chi connectivity index (χ2n) is 7.08. The number of para-hydroxylation sites is 1. The summed E-state index contributed by atoms with van der Waals surface area (Å²) in [5, 5.41) is 13.2. The number of nitrogens with zero attached hydrogens (tertiary/aromatic N) is 1. The summed E-state index contributed by atoms with van der Waals surface area (Å²) >= 11 is 0. The number of amides is 1. The van der Waals surface area contributed by atoms with Gasteiger partial charge in [0, 0.05) is 17.4 Å². The Hall–Kier alpha value is -4.06. The lowest BCUT2D eigenvalue weighted by Crippen LogP contribution is -2.17. The zero-order valence-electron chi connectivity index (χ0n) is 17.0. The molecule has 6 heteroatoms. The zero-order chi connectivity index (χ0) is 21.8. The number of benzene rings is 3. The van der Waals surface area contributed by atoms with Crippen LogP contribution in [0.25, 0.3) is 10.9 Å². The van der Waals surface area contributed by atoms with Gasteiger partial charge >= 0.3 is 5.97 Å². The van der Waals surface area contributed by atoms with Gasteiger partial charge in [0.2, 0.25) is 0 Å². The molecular formula is C25H22N2O4. The van der Waals surface area contributed by atoms with Crippen LogP contribution in [0.1, 0.15) is 33.3 Å². The Labute approximate surface area is 179 Å². The number of aromatic nitrogens is 1. The number of carboxylic acids is 1. The van der Waals surface area contributed by atoms with Gasteiger partial charge in [0.15, 0.2) is 0 Å². The number of rotatable bonds is 7. The van der Waals surface area contributed by atoms with Crippen LogP contribution in [-0.2, 0) is 13.2 Å². The minimum atomic E-state index is -1.08. The lowest BCUT2D eigenvalue weighted by Gasteiger charge is -2.14. The smallest absolute Gasteiger partial charge is 0.335 e. The predicted molar refractivity (Wildman–Crippen MR) is 120 cm³/mol. The van der Waals surface area contributed by atoms with Gasteiger partial charge in [-0.3, -0.25) is 4.79 Å². The molecule has 1 aromatic heterocycles. The van der Waals surface area contributed by atoms with Crippen molar-refractivity contribution in [3.8, 4) is 5.75 Å². The van der Waals surface area contributed by atoms with E-state index in [1.54, 1.807) is 6.07 Å². The molecule has 0 bridgehead atoms. The van der Waals surface area contributed by atoms with Crippen LogP contribution in [0.4, 0.5) is 5.69 Å². The largest absolute Gasteiger partial charge is 0.487 e. The normalized spacial score (nSPS) is 10.7. The zero-order valence-corrected chi connectivity index (χ0v) is 17.0. The number of carbonyl (C=O) groups excluding carboxylic acids is 1. The maximum Gasteiger partial charge on any atom is 0.335 e. The fourth-order valence-electron chi connectivity index (χ4n) is 3.55. The van der Waals surface area contributed by atoms with Gasteiger partial charge < -0.3 is 19.7 Å². The van der Waals surface area contributed by atoms with E-state index in [-0.39, 0.29) is 11.5 Å². The summed E-state index contributed by atoms with van der Waals surface area (Å²) in [5.41, 5.74) is 2.81. The number of hydrogen-bond donors (Lipinski definition) is 2. The Morgan fingerprint density at radius 1 is 0.968 bits per heavy atom. The third-order valence-electron chi connectivity index (χ3n) is 5.07. The Balaban J connectivity index is 1.65. The molecule has 0 radical (unpaired) electrons. The molecule has 3 aromatic carbocycles. The lowest BCUT2D eigenvalue weighted by molar-refractivity contribution is 0.0696. The number of aromatic carboxylic acids is 1. The van der Waals surface area contributed by atoms with Crippen molar-refractivity contribution in [2.45, 2.75) is 20.1 Å². The third-order valence-corrected chi connectivity index (χ3v) is 5.07. The number of ether oxygens (including phenoxy) is 1. The molecule has 0 aliphatic carbocycles. The summed E-state index contributed by atoms with van der Waals surface area (Å²) < 4.78 is 7.82. The molecule has 0 spiro atoms. The second-order valence-corrected chi connectivity index (χ2v) is 7.08. The van der Waals surface area contributed by atoms with Crippen molar-refractivity contribution >= 4 is 28.5 Å². The number of anilines is 1. The average molecular weight is 414 g/mol. The van der Waals surface area contributed by atoms with Crippen molar-refractivity contribution in [1.82, 2.24) is 4.57 Å². The summed E-state index contributed by atoms with van der Waals surface area (Å²) in [5.74, 6) is -1.00. The number of hydrogen-bond acceptors (Lipinski definition) is 3. The lowest BCUT2D eigenvalue weighted by atomic mass is 10.1. The highest BCUT2D eigenvalue weighted by Crippen LogP contribution is 2.28. The molecule has 4 aromatic rings. The highest BCUT2D eigenvalue weighted by Gasteiger charge is 2.18. The molecule has 156 valence electrons. The first-order valence-electron chi connectivity index (χ1n) is 10.0. The molecule has 0 atom stereocenters. The van der Waals surface area contributed by atoms with Crippen LogP contribution in [0.5, 0.6) is 5.75 Å². The minimum Gasteiger partial charge on any atom is -0.487 e. The summed E-state index contributed by atoms with van der Waals surface area (Å²) in [7, 11) is 0. The van der Waals surface area contributed by atoms with Crippen molar-refractivity contribution < 1.29 is 19.4 Å². The van der Waals surface area contributed by atoms with Crippen LogP contribution in [0, 0.1) is 0 Å². The van der Waals surface area contributed by atoms with Crippen molar-refractivity contribution in [3.63, 3.8) is 0 Å². The monoisotopic (exact) mass is 414 g/mol. The van der Waals surface area contributed by atoms with Crippen molar-refractivity contribution in [3.05, 3.63) is 95.7 Å². The number of aryl methyl sites for hydroxylation is 1. The van der Waals surface area contributed by atoms with Gasteiger partial charge in [-0.2, -0.15) is 0 Å². The summed E-state index contributed by atoms with van der Waals surface area (Å²) in [6.07, 6.45) is 0. The Kier molecular flexibility index (Phi) is 5.71. The fraction of sp³-hybridized carbons (Fsp3) is 0.120. The first-order valence-corrected chi connectivity index (χ1v) is 10.0. The van der Waals surface area contributed by atoms with Gasteiger partial charge in [-0.25, -0.2) is 4.79 Å². The maximum atomic E-state index is 13.1.